The standard InChI is InChI=1S/C11H16N2O2/c14-11(15)10-9(7-12-13-10)8-5-3-1-2-4-6-8/h7-8H,1-6H2,(H,12,13)(H,14,15). The van der Waals surface area contributed by atoms with Crippen molar-refractivity contribution in [3.63, 3.8) is 0 Å². The van der Waals surface area contributed by atoms with Crippen LogP contribution in [-0.2, 0) is 0 Å². The molecule has 15 heavy (non-hydrogen) atoms. The first-order valence-electron chi connectivity index (χ1n) is 5.55. The summed E-state index contributed by atoms with van der Waals surface area (Å²) in [5, 5.41) is 15.4. The maximum absolute atomic E-state index is 10.9. The number of aromatic carboxylic acids is 1. The minimum Gasteiger partial charge on any atom is -0.477 e. The van der Waals surface area contributed by atoms with Gasteiger partial charge in [0.15, 0.2) is 0 Å². The van der Waals surface area contributed by atoms with Gasteiger partial charge in [-0.2, -0.15) is 5.10 Å². The van der Waals surface area contributed by atoms with E-state index in [0.717, 1.165) is 18.4 Å². The number of nitrogens with zero attached hydrogens (tertiary/aromatic N) is 1. The third-order valence-electron chi connectivity index (χ3n) is 3.18. The van der Waals surface area contributed by atoms with Gasteiger partial charge < -0.3 is 5.11 Å². The van der Waals surface area contributed by atoms with Crippen molar-refractivity contribution < 1.29 is 9.90 Å². The fourth-order valence-electron chi connectivity index (χ4n) is 2.37. The summed E-state index contributed by atoms with van der Waals surface area (Å²) in [5.74, 6) is -0.510. The number of aromatic amines is 1. The molecule has 0 saturated heterocycles. The number of carboxylic acids is 1. The molecule has 0 atom stereocenters. The Morgan fingerprint density at radius 3 is 2.60 bits per heavy atom. The molecule has 4 nitrogen and oxygen atoms in total. The van der Waals surface area contributed by atoms with E-state index in [2.05, 4.69) is 10.2 Å². The Morgan fingerprint density at radius 1 is 1.33 bits per heavy atom. The van der Waals surface area contributed by atoms with Crippen LogP contribution in [0.5, 0.6) is 0 Å². The maximum atomic E-state index is 10.9. The van der Waals surface area contributed by atoms with Crippen molar-refractivity contribution in [2.45, 2.75) is 44.4 Å². The Kier molecular flexibility index (Phi) is 3.04. The predicted molar refractivity (Wildman–Crippen MR) is 56.0 cm³/mol. The van der Waals surface area contributed by atoms with Crippen LogP contribution < -0.4 is 0 Å². The van der Waals surface area contributed by atoms with E-state index in [1.165, 1.54) is 25.7 Å². The van der Waals surface area contributed by atoms with Gasteiger partial charge in [-0.15, -0.1) is 0 Å². The third kappa shape index (κ3) is 2.19. The van der Waals surface area contributed by atoms with E-state index in [1.54, 1.807) is 6.20 Å². The van der Waals surface area contributed by atoms with Crippen LogP contribution in [0.1, 0.15) is 60.5 Å². The summed E-state index contributed by atoms with van der Waals surface area (Å²) in [4.78, 5) is 10.9. The van der Waals surface area contributed by atoms with Crippen LogP contribution in [0.15, 0.2) is 6.20 Å². The van der Waals surface area contributed by atoms with Gasteiger partial charge in [-0.25, -0.2) is 4.79 Å². The van der Waals surface area contributed by atoms with E-state index >= 15 is 0 Å². The topological polar surface area (TPSA) is 66.0 Å². The zero-order valence-electron chi connectivity index (χ0n) is 8.70. The highest BCUT2D eigenvalue weighted by Gasteiger charge is 2.21. The van der Waals surface area contributed by atoms with Crippen LogP contribution in [0.25, 0.3) is 0 Å². The monoisotopic (exact) mass is 208 g/mol. The van der Waals surface area contributed by atoms with Crippen molar-refractivity contribution in [1.29, 1.82) is 0 Å². The second-order valence-corrected chi connectivity index (χ2v) is 4.19. The third-order valence-corrected chi connectivity index (χ3v) is 3.18. The largest absolute Gasteiger partial charge is 0.477 e. The Labute approximate surface area is 88.7 Å². The van der Waals surface area contributed by atoms with E-state index in [-0.39, 0.29) is 5.69 Å². The molecular formula is C11H16N2O2. The summed E-state index contributed by atoms with van der Waals surface area (Å²) in [7, 11) is 0. The van der Waals surface area contributed by atoms with Crippen molar-refractivity contribution >= 4 is 5.97 Å². The van der Waals surface area contributed by atoms with Crippen LogP contribution in [0.3, 0.4) is 0 Å². The molecule has 1 fully saturated rings. The highest BCUT2D eigenvalue weighted by Crippen LogP contribution is 2.32. The lowest BCUT2D eigenvalue weighted by Gasteiger charge is -2.12. The van der Waals surface area contributed by atoms with Crippen LogP contribution in [0, 0.1) is 0 Å². The second kappa shape index (κ2) is 4.47. The maximum Gasteiger partial charge on any atom is 0.354 e. The van der Waals surface area contributed by atoms with Gasteiger partial charge in [0.2, 0.25) is 0 Å². The van der Waals surface area contributed by atoms with Crippen LogP contribution in [0.2, 0.25) is 0 Å². The van der Waals surface area contributed by atoms with E-state index in [9.17, 15) is 4.79 Å². The lowest BCUT2D eigenvalue weighted by atomic mass is 9.92. The minimum absolute atomic E-state index is 0.280. The zero-order chi connectivity index (χ0) is 10.7. The number of hydrogen-bond donors (Lipinski definition) is 2. The molecule has 1 aliphatic rings. The fraction of sp³-hybridized carbons (Fsp3) is 0.636. The van der Waals surface area contributed by atoms with Gasteiger partial charge in [0.25, 0.3) is 0 Å². The molecule has 0 spiro atoms. The van der Waals surface area contributed by atoms with Crippen LogP contribution >= 0.6 is 0 Å². The summed E-state index contributed by atoms with van der Waals surface area (Å²) in [6.45, 7) is 0. The van der Waals surface area contributed by atoms with Crippen molar-refractivity contribution in [3.05, 3.63) is 17.5 Å². The average Bonchev–Trinajstić information content (AvgIpc) is 2.55. The molecule has 82 valence electrons. The van der Waals surface area contributed by atoms with Crippen LogP contribution in [0.4, 0.5) is 0 Å². The van der Waals surface area contributed by atoms with Gasteiger partial charge in [-0.1, -0.05) is 25.7 Å². The lowest BCUT2D eigenvalue weighted by molar-refractivity contribution is 0.0688. The molecule has 2 N–H and O–H groups in total. The highest BCUT2D eigenvalue weighted by molar-refractivity contribution is 5.87. The molecule has 2 rings (SSSR count). The van der Waals surface area contributed by atoms with Crippen molar-refractivity contribution in [1.82, 2.24) is 10.2 Å². The van der Waals surface area contributed by atoms with Crippen molar-refractivity contribution in [3.8, 4) is 0 Å². The molecule has 0 radical (unpaired) electrons. The Morgan fingerprint density at radius 2 is 2.00 bits per heavy atom. The van der Waals surface area contributed by atoms with E-state index in [1.807, 2.05) is 0 Å². The number of nitrogens with one attached hydrogen (secondary N) is 1. The van der Waals surface area contributed by atoms with Gasteiger partial charge in [0.1, 0.15) is 5.69 Å². The average molecular weight is 208 g/mol. The normalized spacial score (nSPS) is 18.7. The van der Waals surface area contributed by atoms with Crippen molar-refractivity contribution in [2.24, 2.45) is 0 Å². The van der Waals surface area contributed by atoms with Gasteiger partial charge >= 0.3 is 5.97 Å². The fourth-order valence-corrected chi connectivity index (χ4v) is 2.37. The molecule has 0 bridgehead atoms. The van der Waals surface area contributed by atoms with Gasteiger partial charge in [-0.05, 0) is 18.8 Å². The quantitative estimate of drug-likeness (QED) is 0.734. The summed E-state index contributed by atoms with van der Waals surface area (Å²) >= 11 is 0. The van der Waals surface area contributed by atoms with Gasteiger partial charge in [-0.3, -0.25) is 5.10 Å². The number of carboxylic acid groups (broad SMARTS) is 1. The molecule has 0 unspecified atom stereocenters. The molecule has 0 aromatic carbocycles. The first kappa shape index (κ1) is 10.2. The Hall–Kier alpha value is -1.32. The van der Waals surface area contributed by atoms with Gasteiger partial charge in [0, 0.05) is 5.56 Å². The van der Waals surface area contributed by atoms with E-state index in [4.69, 9.17) is 5.11 Å². The van der Waals surface area contributed by atoms with E-state index in [0.29, 0.717) is 5.92 Å². The van der Waals surface area contributed by atoms with E-state index < -0.39 is 5.97 Å². The second-order valence-electron chi connectivity index (χ2n) is 4.19. The van der Waals surface area contributed by atoms with Gasteiger partial charge in [0.05, 0.1) is 6.20 Å². The molecular weight excluding hydrogens is 192 g/mol. The molecule has 4 heteroatoms. The molecule has 1 aromatic rings. The Balaban J connectivity index is 2.19. The number of aromatic nitrogens is 2. The molecule has 1 saturated carbocycles. The number of H-pyrrole nitrogens is 1. The number of rotatable bonds is 2. The minimum atomic E-state index is -0.897. The highest BCUT2D eigenvalue weighted by atomic mass is 16.4. The molecule has 1 aliphatic carbocycles. The zero-order valence-corrected chi connectivity index (χ0v) is 8.70. The summed E-state index contributed by atoms with van der Waals surface area (Å²) < 4.78 is 0. The first-order valence-corrected chi connectivity index (χ1v) is 5.55. The SMILES string of the molecule is O=C(O)c1[nH]ncc1C1CCCCCC1. The molecule has 0 amide bonds. The number of carbonyl (C=O) groups is 1. The Bertz CT molecular complexity index is 338. The summed E-state index contributed by atoms with van der Waals surface area (Å²) in [6, 6.07) is 0. The van der Waals surface area contributed by atoms with Crippen LogP contribution in [-0.4, -0.2) is 21.3 Å². The number of hydrogen-bond acceptors (Lipinski definition) is 2. The predicted octanol–water partition coefficient (Wildman–Crippen LogP) is 2.55. The lowest BCUT2D eigenvalue weighted by Crippen LogP contribution is -2.05. The molecule has 0 aliphatic heterocycles. The first-order chi connectivity index (χ1) is 7.29. The van der Waals surface area contributed by atoms with Crippen molar-refractivity contribution in [2.75, 3.05) is 0 Å². The summed E-state index contributed by atoms with van der Waals surface area (Å²) in [5.41, 5.74) is 1.17. The molecule has 1 aromatic heterocycles. The summed E-state index contributed by atoms with van der Waals surface area (Å²) in [6.07, 6.45) is 8.83. The smallest absolute Gasteiger partial charge is 0.354 e. The molecule has 1 heterocycles.